The predicted molar refractivity (Wildman–Crippen MR) is 165 cm³/mol. The van der Waals surface area contributed by atoms with Gasteiger partial charge in [0.25, 0.3) is 10.0 Å². The molecule has 0 aromatic heterocycles. The molecule has 3 aromatic carbocycles. The number of aryl methyl sites for hydroxylation is 1. The number of amides is 2. The molecule has 0 radical (unpaired) electrons. The normalized spacial score (nSPS) is 12.0. The van der Waals surface area contributed by atoms with Crippen LogP contribution in [0.5, 0.6) is 11.5 Å². The van der Waals surface area contributed by atoms with Crippen molar-refractivity contribution in [1.29, 1.82) is 0 Å². The summed E-state index contributed by atoms with van der Waals surface area (Å²) < 4.78 is 39.9. The Hall–Kier alpha value is -3.76. The molecule has 0 heterocycles. The Morgan fingerprint density at radius 2 is 1.55 bits per heavy atom. The number of hydrogen-bond donors (Lipinski definition) is 1. The van der Waals surface area contributed by atoms with Crippen molar-refractivity contribution in [3.8, 4) is 11.5 Å². The number of nitrogens with zero attached hydrogens (tertiary/aromatic N) is 2. The lowest BCUT2D eigenvalue weighted by atomic mass is 10.1. The molecule has 0 aliphatic rings. The summed E-state index contributed by atoms with van der Waals surface area (Å²) in [6, 6.07) is 17.1. The Morgan fingerprint density at radius 1 is 0.929 bits per heavy atom. The number of carbonyl (C=O) groups is 2. The highest BCUT2D eigenvalue weighted by Crippen LogP contribution is 2.32. The molecule has 0 aliphatic heterocycles. The molecule has 0 fully saturated rings. The van der Waals surface area contributed by atoms with E-state index in [1.807, 2.05) is 27.7 Å². The minimum atomic E-state index is -4.27. The van der Waals surface area contributed by atoms with E-state index in [4.69, 9.17) is 21.1 Å². The number of rotatable bonds is 13. The van der Waals surface area contributed by atoms with Crippen LogP contribution in [0.15, 0.2) is 71.6 Å². The summed E-state index contributed by atoms with van der Waals surface area (Å²) in [5, 5.41) is 3.42. The van der Waals surface area contributed by atoms with E-state index in [2.05, 4.69) is 5.32 Å². The van der Waals surface area contributed by atoms with Crippen molar-refractivity contribution < 1.29 is 27.5 Å². The summed E-state index contributed by atoms with van der Waals surface area (Å²) in [6.45, 7) is 6.91. The second-order valence-electron chi connectivity index (χ2n) is 10.1. The van der Waals surface area contributed by atoms with Gasteiger partial charge in [-0.05, 0) is 69.2 Å². The number of halogens is 1. The average Bonchev–Trinajstić information content (AvgIpc) is 2.96. The molecule has 0 saturated carbocycles. The zero-order valence-electron chi connectivity index (χ0n) is 24.8. The maximum absolute atomic E-state index is 14.1. The SMILES string of the molecule is CC[C@H](C(=O)NC(C)C)N(Cc1ccc(Cl)cc1)C(=O)CN(c1ccc(C)cc1)S(=O)(=O)c1ccc(OC)c(OC)c1. The first-order valence-electron chi connectivity index (χ1n) is 13.6. The van der Waals surface area contributed by atoms with E-state index in [0.717, 1.165) is 15.4 Å². The standard InChI is InChI=1S/C31H38ClN3O6S/c1-7-27(31(37)33-21(2)3)34(19-23-10-12-24(32)13-11-23)30(36)20-35(25-14-8-22(4)9-15-25)42(38,39)26-16-17-28(40-5)29(18-26)41-6/h8-18,21,27H,7,19-20H2,1-6H3,(H,33,37)/t27-/m1/s1. The van der Waals surface area contributed by atoms with Gasteiger partial charge in [-0.3, -0.25) is 13.9 Å². The van der Waals surface area contributed by atoms with Gasteiger partial charge >= 0.3 is 0 Å². The Kier molecular flexibility index (Phi) is 11.2. The number of sulfonamides is 1. The highest BCUT2D eigenvalue weighted by Gasteiger charge is 2.34. The molecule has 3 rings (SSSR count). The third kappa shape index (κ3) is 7.95. The van der Waals surface area contributed by atoms with E-state index >= 15 is 0 Å². The molecule has 42 heavy (non-hydrogen) atoms. The third-order valence-corrected chi connectivity index (χ3v) is 8.65. The van der Waals surface area contributed by atoms with Crippen molar-refractivity contribution in [2.24, 2.45) is 0 Å². The number of benzene rings is 3. The smallest absolute Gasteiger partial charge is 0.264 e. The van der Waals surface area contributed by atoms with Crippen LogP contribution in [0.25, 0.3) is 0 Å². The zero-order valence-corrected chi connectivity index (χ0v) is 26.3. The summed E-state index contributed by atoms with van der Waals surface area (Å²) in [4.78, 5) is 28.7. The number of hydrogen-bond acceptors (Lipinski definition) is 6. The molecule has 0 saturated heterocycles. The largest absolute Gasteiger partial charge is 0.493 e. The van der Waals surface area contributed by atoms with Crippen molar-refractivity contribution in [2.75, 3.05) is 25.1 Å². The number of nitrogens with one attached hydrogen (secondary N) is 1. The summed E-state index contributed by atoms with van der Waals surface area (Å²) in [6.07, 6.45) is 0.324. The van der Waals surface area contributed by atoms with Crippen LogP contribution in [0.1, 0.15) is 38.3 Å². The predicted octanol–water partition coefficient (Wildman–Crippen LogP) is 5.19. The number of methoxy groups -OCH3 is 2. The molecule has 11 heteroatoms. The number of anilines is 1. The van der Waals surface area contributed by atoms with Crippen LogP contribution in [-0.4, -0.2) is 58.0 Å². The van der Waals surface area contributed by atoms with E-state index < -0.39 is 28.5 Å². The fraction of sp³-hybridized carbons (Fsp3) is 0.355. The van der Waals surface area contributed by atoms with Crippen molar-refractivity contribution in [3.05, 3.63) is 82.9 Å². The van der Waals surface area contributed by atoms with Gasteiger partial charge in [0.1, 0.15) is 12.6 Å². The van der Waals surface area contributed by atoms with Gasteiger partial charge in [-0.2, -0.15) is 0 Å². The Labute approximate surface area is 253 Å². The molecule has 0 bridgehead atoms. The topological polar surface area (TPSA) is 105 Å². The minimum absolute atomic E-state index is 0.0811. The summed E-state index contributed by atoms with van der Waals surface area (Å²) in [5.74, 6) is -0.264. The highest BCUT2D eigenvalue weighted by atomic mass is 35.5. The van der Waals surface area contributed by atoms with Crippen LogP contribution in [0.2, 0.25) is 5.02 Å². The fourth-order valence-corrected chi connectivity index (χ4v) is 5.99. The first-order valence-corrected chi connectivity index (χ1v) is 15.4. The summed E-state index contributed by atoms with van der Waals surface area (Å²) in [7, 11) is -1.40. The first kappa shape index (κ1) is 32.8. The molecular weight excluding hydrogens is 578 g/mol. The summed E-state index contributed by atoms with van der Waals surface area (Å²) >= 11 is 6.07. The van der Waals surface area contributed by atoms with Crippen LogP contribution >= 0.6 is 11.6 Å². The molecule has 9 nitrogen and oxygen atoms in total. The Bertz CT molecular complexity index is 1480. The molecule has 3 aromatic rings. The lowest BCUT2D eigenvalue weighted by molar-refractivity contribution is -0.140. The summed E-state index contributed by atoms with van der Waals surface area (Å²) in [5.41, 5.74) is 1.97. The van der Waals surface area contributed by atoms with Gasteiger partial charge in [0.2, 0.25) is 11.8 Å². The Balaban J connectivity index is 2.09. The van der Waals surface area contributed by atoms with Gasteiger partial charge < -0.3 is 19.7 Å². The molecule has 0 unspecified atom stereocenters. The number of ether oxygens (including phenoxy) is 2. The quantitative estimate of drug-likeness (QED) is 0.284. The number of carbonyl (C=O) groups excluding carboxylic acids is 2. The average molecular weight is 616 g/mol. The van der Waals surface area contributed by atoms with Crippen LogP contribution < -0.4 is 19.1 Å². The van der Waals surface area contributed by atoms with Gasteiger partial charge in [-0.15, -0.1) is 0 Å². The maximum atomic E-state index is 14.1. The minimum Gasteiger partial charge on any atom is -0.493 e. The van der Waals surface area contributed by atoms with Gasteiger partial charge in [-0.1, -0.05) is 48.4 Å². The van der Waals surface area contributed by atoms with E-state index in [-0.39, 0.29) is 29.1 Å². The zero-order chi connectivity index (χ0) is 31.0. The second-order valence-corrected chi connectivity index (χ2v) is 12.4. The van der Waals surface area contributed by atoms with E-state index in [1.54, 1.807) is 48.5 Å². The third-order valence-electron chi connectivity index (χ3n) is 6.63. The maximum Gasteiger partial charge on any atom is 0.264 e. The molecule has 0 aliphatic carbocycles. The lowest BCUT2D eigenvalue weighted by Gasteiger charge is -2.33. The highest BCUT2D eigenvalue weighted by molar-refractivity contribution is 7.92. The van der Waals surface area contributed by atoms with Crippen LogP contribution in [0.4, 0.5) is 5.69 Å². The lowest BCUT2D eigenvalue weighted by Crippen LogP contribution is -2.53. The fourth-order valence-electron chi connectivity index (χ4n) is 4.43. The monoisotopic (exact) mass is 615 g/mol. The molecule has 1 atom stereocenters. The van der Waals surface area contributed by atoms with Gasteiger partial charge in [0, 0.05) is 23.7 Å². The van der Waals surface area contributed by atoms with Gasteiger partial charge in [-0.25, -0.2) is 8.42 Å². The second kappa shape index (κ2) is 14.4. The molecule has 2 amide bonds. The molecule has 1 N–H and O–H groups in total. The van der Waals surface area contributed by atoms with Crippen molar-refractivity contribution in [3.63, 3.8) is 0 Å². The van der Waals surface area contributed by atoms with Crippen LogP contribution in [0.3, 0.4) is 0 Å². The van der Waals surface area contributed by atoms with Crippen LogP contribution in [-0.2, 0) is 26.2 Å². The Morgan fingerprint density at radius 3 is 2.10 bits per heavy atom. The molecule has 226 valence electrons. The van der Waals surface area contributed by atoms with E-state index in [9.17, 15) is 18.0 Å². The van der Waals surface area contributed by atoms with E-state index in [0.29, 0.717) is 22.9 Å². The van der Waals surface area contributed by atoms with E-state index in [1.165, 1.54) is 37.3 Å². The van der Waals surface area contributed by atoms with Crippen molar-refractivity contribution in [2.45, 2.75) is 57.6 Å². The van der Waals surface area contributed by atoms with Gasteiger partial charge in [0.15, 0.2) is 11.5 Å². The molecule has 0 spiro atoms. The van der Waals surface area contributed by atoms with Crippen LogP contribution in [0, 0.1) is 6.92 Å². The van der Waals surface area contributed by atoms with Gasteiger partial charge in [0.05, 0.1) is 24.8 Å². The van der Waals surface area contributed by atoms with Crippen molar-refractivity contribution in [1.82, 2.24) is 10.2 Å². The first-order chi connectivity index (χ1) is 19.9. The molecular formula is C31H38ClN3O6S. The van der Waals surface area contributed by atoms with Crippen molar-refractivity contribution >= 4 is 39.1 Å².